The first-order valence-corrected chi connectivity index (χ1v) is 6.12. The summed E-state index contributed by atoms with van der Waals surface area (Å²) in [7, 11) is 0. The first-order valence-electron chi connectivity index (χ1n) is 4.90. The Morgan fingerprint density at radius 2 is 2.31 bits per heavy atom. The van der Waals surface area contributed by atoms with E-state index in [4.69, 9.17) is 0 Å². The summed E-state index contributed by atoms with van der Waals surface area (Å²) < 4.78 is 12.8. The van der Waals surface area contributed by atoms with Crippen LogP contribution in [0.1, 0.15) is 13.3 Å². The van der Waals surface area contributed by atoms with Gasteiger partial charge in [0.25, 0.3) is 0 Å². The van der Waals surface area contributed by atoms with Crippen LogP contribution in [0.3, 0.4) is 0 Å². The molecule has 0 spiro atoms. The second kappa shape index (κ2) is 6.33. The van der Waals surface area contributed by atoms with E-state index in [2.05, 4.69) is 5.32 Å². The number of thioether (sulfide) groups is 1. The number of hydrogen-bond acceptors (Lipinski definition) is 2. The zero-order valence-electron chi connectivity index (χ0n) is 9.29. The highest BCUT2D eigenvalue weighted by atomic mass is 32.2. The van der Waals surface area contributed by atoms with Crippen molar-refractivity contribution < 1.29 is 9.18 Å². The number of anilines is 1. The van der Waals surface area contributed by atoms with Gasteiger partial charge in [-0.15, -0.1) is 11.8 Å². The molecule has 0 bridgehead atoms. The van der Waals surface area contributed by atoms with Gasteiger partial charge in [-0.25, -0.2) is 4.39 Å². The maximum atomic E-state index is 12.8. The topological polar surface area (TPSA) is 29.1 Å². The standard InChI is InChI=1S/C12H14FNOS/c1-3-11(16-2)8-12(15)14-10-6-4-5-9(13)7-10/h3-7H,8H2,1-2H3,(H,14,15). The Morgan fingerprint density at radius 3 is 2.88 bits per heavy atom. The molecule has 2 nitrogen and oxygen atoms in total. The molecule has 0 saturated heterocycles. The molecule has 0 aromatic heterocycles. The fourth-order valence-electron chi connectivity index (χ4n) is 1.22. The lowest BCUT2D eigenvalue weighted by molar-refractivity contribution is -0.115. The van der Waals surface area contributed by atoms with E-state index in [0.717, 1.165) is 4.91 Å². The summed E-state index contributed by atoms with van der Waals surface area (Å²) >= 11 is 1.54. The lowest BCUT2D eigenvalue weighted by atomic mass is 10.3. The molecule has 0 aliphatic carbocycles. The number of hydrogen-bond donors (Lipinski definition) is 1. The van der Waals surface area contributed by atoms with Gasteiger partial charge in [0.05, 0.1) is 6.42 Å². The summed E-state index contributed by atoms with van der Waals surface area (Å²) in [4.78, 5) is 12.6. The Bertz CT molecular complexity index is 404. The normalized spacial score (nSPS) is 11.3. The largest absolute Gasteiger partial charge is 0.326 e. The Hall–Kier alpha value is -1.29. The zero-order chi connectivity index (χ0) is 12.0. The number of carbonyl (C=O) groups is 1. The van der Waals surface area contributed by atoms with Crippen LogP contribution in [0.5, 0.6) is 0 Å². The molecule has 0 radical (unpaired) electrons. The molecule has 1 amide bonds. The van der Waals surface area contributed by atoms with Crippen LogP contribution in [0.15, 0.2) is 35.2 Å². The second-order valence-electron chi connectivity index (χ2n) is 3.19. The van der Waals surface area contributed by atoms with E-state index >= 15 is 0 Å². The molecule has 0 atom stereocenters. The van der Waals surface area contributed by atoms with Crippen LogP contribution in [-0.2, 0) is 4.79 Å². The van der Waals surface area contributed by atoms with Crippen LogP contribution in [0.4, 0.5) is 10.1 Å². The minimum atomic E-state index is -0.353. The van der Waals surface area contributed by atoms with Crippen molar-refractivity contribution in [3.8, 4) is 0 Å². The molecule has 4 heteroatoms. The Balaban J connectivity index is 2.58. The van der Waals surface area contributed by atoms with Gasteiger partial charge in [-0.05, 0) is 36.3 Å². The number of allylic oxidation sites excluding steroid dienone is 1. The molecule has 0 unspecified atom stereocenters. The monoisotopic (exact) mass is 239 g/mol. The third-order valence-corrected chi connectivity index (χ3v) is 2.93. The third-order valence-electron chi connectivity index (χ3n) is 2.03. The van der Waals surface area contributed by atoms with Gasteiger partial charge in [-0.1, -0.05) is 12.1 Å². The van der Waals surface area contributed by atoms with E-state index in [1.807, 2.05) is 19.3 Å². The van der Waals surface area contributed by atoms with Gasteiger partial charge < -0.3 is 5.32 Å². The van der Waals surface area contributed by atoms with Crippen molar-refractivity contribution >= 4 is 23.4 Å². The number of rotatable bonds is 4. The van der Waals surface area contributed by atoms with Gasteiger partial charge in [0.1, 0.15) is 5.82 Å². The zero-order valence-corrected chi connectivity index (χ0v) is 10.1. The van der Waals surface area contributed by atoms with Crippen LogP contribution >= 0.6 is 11.8 Å². The van der Waals surface area contributed by atoms with Gasteiger partial charge in [0, 0.05) is 5.69 Å². The number of benzene rings is 1. The van der Waals surface area contributed by atoms with Crippen molar-refractivity contribution in [1.29, 1.82) is 0 Å². The molecule has 1 aromatic carbocycles. The van der Waals surface area contributed by atoms with Crippen molar-refractivity contribution in [2.75, 3.05) is 11.6 Å². The van der Waals surface area contributed by atoms with Crippen molar-refractivity contribution in [3.63, 3.8) is 0 Å². The molecule has 0 saturated carbocycles. The maximum Gasteiger partial charge on any atom is 0.229 e. The van der Waals surface area contributed by atoms with Crippen LogP contribution in [0.2, 0.25) is 0 Å². The third kappa shape index (κ3) is 4.06. The minimum Gasteiger partial charge on any atom is -0.326 e. The van der Waals surface area contributed by atoms with E-state index in [1.54, 1.807) is 12.1 Å². The van der Waals surface area contributed by atoms with Gasteiger partial charge in [0.15, 0.2) is 0 Å². The molecule has 0 aliphatic heterocycles. The highest BCUT2D eigenvalue weighted by Crippen LogP contribution is 2.17. The van der Waals surface area contributed by atoms with Crippen LogP contribution in [-0.4, -0.2) is 12.2 Å². The molecule has 0 fully saturated rings. The number of nitrogens with one attached hydrogen (secondary N) is 1. The van der Waals surface area contributed by atoms with E-state index < -0.39 is 0 Å². The molecule has 1 rings (SSSR count). The fraction of sp³-hybridized carbons (Fsp3) is 0.250. The highest BCUT2D eigenvalue weighted by Gasteiger charge is 2.05. The average molecular weight is 239 g/mol. The Morgan fingerprint density at radius 1 is 1.56 bits per heavy atom. The second-order valence-corrected chi connectivity index (χ2v) is 4.13. The molecule has 0 aliphatic rings. The summed E-state index contributed by atoms with van der Waals surface area (Å²) in [6.07, 6.45) is 4.15. The fourth-order valence-corrected chi connectivity index (χ4v) is 1.73. The first-order chi connectivity index (χ1) is 7.65. The van der Waals surface area contributed by atoms with E-state index in [1.165, 1.54) is 23.9 Å². The summed E-state index contributed by atoms with van der Waals surface area (Å²) in [5.74, 6) is -0.484. The van der Waals surface area contributed by atoms with E-state index in [-0.39, 0.29) is 11.7 Å². The van der Waals surface area contributed by atoms with Gasteiger partial charge in [-0.2, -0.15) is 0 Å². The van der Waals surface area contributed by atoms with Crippen LogP contribution in [0.25, 0.3) is 0 Å². The van der Waals surface area contributed by atoms with Gasteiger partial charge in [0.2, 0.25) is 5.91 Å². The predicted octanol–water partition coefficient (Wildman–Crippen LogP) is 3.42. The van der Waals surface area contributed by atoms with Gasteiger partial charge in [-0.3, -0.25) is 4.79 Å². The molecular weight excluding hydrogens is 225 g/mol. The quantitative estimate of drug-likeness (QED) is 0.872. The number of amides is 1. The minimum absolute atomic E-state index is 0.131. The molecule has 86 valence electrons. The summed E-state index contributed by atoms with van der Waals surface area (Å²) in [6, 6.07) is 5.87. The van der Waals surface area contributed by atoms with Crippen molar-refractivity contribution in [1.82, 2.24) is 0 Å². The molecule has 0 heterocycles. The molecule has 1 aromatic rings. The van der Waals surface area contributed by atoms with E-state index in [9.17, 15) is 9.18 Å². The summed E-state index contributed by atoms with van der Waals surface area (Å²) in [5.41, 5.74) is 0.488. The first kappa shape index (κ1) is 12.8. The molecule has 1 N–H and O–H groups in total. The molecular formula is C12H14FNOS. The smallest absolute Gasteiger partial charge is 0.229 e. The van der Waals surface area contributed by atoms with Crippen LogP contribution < -0.4 is 5.32 Å². The number of carbonyl (C=O) groups excluding carboxylic acids is 1. The maximum absolute atomic E-state index is 12.8. The SMILES string of the molecule is CC=C(CC(=O)Nc1cccc(F)c1)SC. The highest BCUT2D eigenvalue weighted by molar-refractivity contribution is 8.02. The summed E-state index contributed by atoms with van der Waals surface area (Å²) in [6.45, 7) is 1.89. The van der Waals surface area contributed by atoms with Crippen LogP contribution in [0, 0.1) is 5.82 Å². The Labute approximate surface area is 98.9 Å². The van der Waals surface area contributed by atoms with E-state index in [0.29, 0.717) is 12.1 Å². The number of halogens is 1. The lowest BCUT2D eigenvalue weighted by Gasteiger charge is -2.06. The predicted molar refractivity (Wildman–Crippen MR) is 66.9 cm³/mol. The molecule has 16 heavy (non-hydrogen) atoms. The van der Waals surface area contributed by atoms with Gasteiger partial charge >= 0.3 is 0 Å². The van der Waals surface area contributed by atoms with Crippen molar-refractivity contribution in [2.24, 2.45) is 0 Å². The van der Waals surface area contributed by atoms with Crippen molar-refractivity contribution in [2.45, 2.75) is 13.3 Å². The van der Waals surface area contributed by atoms with Crippen molar-refractivity contribution in [3.05, 3.63) is 41.1 Å². The lowest BCUT2D eigenvalue weighted by Crippen LogP contribution is -2.11. The summed E-state index contributed by atoms with van der Waals surface area (Å²) in [5, 5.41) is 2.65. The Kier molecular flexibility index (Phi) is 5.05. The average Bonchev–Trinajstić information content (AvgIpc) is 2.26.